The number of nitrogens with two attached hydrogens (primary N) is 1. The Morgan fingerprint density at radius 1 is 1.29 bits per heavy atom. The molecule has 3 unspecified atom stereocenters. The highest BCUT2D eigenvalue weighted by molar-refractivity contribution is 5.04. The van der Waals surface area contributed by atoms with Crippen LogP contribution < -0.4 is 5.73 Å². The zero-order chi connectivity index (χ0) is 12.5. The predicted molar refractivity (Wildman–Crippen MR) is 65.7 cm³/mol. The second kappa shape index (κ2) is 4.84. The molecule has 2 fully saturated rings. The van der Waals surface area contributed by atoms with Crippen molar-refractivity contribution in [3.05, 3.63) is 0 Å². The predicted octanol–water partition coefficient (Wildman–Crippen LogP) is 1.06. The maximum Gasteiger partial charge on any atom is 0.0787 e. The lowest BCUT2D eigenvalue weighted by atomic mass is 9.63. The van der Waals surface area contributed by atoms with Crippen molar-refractivity contribution in [3.8, 4) is 0 Å². The van der Waals surface area contributed by atoms with Crippen LogP contribution in [0.5, 0.6) is 0 Å². The van der Waals surface area contributed by atoms with Crippen LogP contribution in [0.15, 0.2) is 0 Å². The molecule has 3 atom stereocenters. The van der Waals surface area contributed by atoms with E-state index in [1.54, 1.807) is 0 Å². The van der Waals surface area contributed by atoms with E-state index in [1.807, 2.05) is 13.8 Å². The van der Waals surface area contributed by atoms with Gasteiger partial charge in [-0.25, -0.2) is 0 Å². The molecule has 100 valence electrons. The summed E-state index contributed by atoms with van der Waals surface area (Å²) in [5, 5.41) is 11.0. The van der Waals surface area contributed by atoms with Crippen LogP contribution in [0.25, 0.3) is 0 Å². The van der Waals surface area contributed by atoms with Crippen molar-refractivity contribution in [3.63, 3.8) is 0 Å². The van der Waals surface area contributed by atoms with Crippen molar-refractivity contribution in [2.45, 2.75) is 57.3 Å². The Labute approximate surface area is 103 Å². The third kappa shape index (κ3) is 2.36. The minimum Gasteiger partial charge on any atom is -0.389 e. The van der Waals surface area contributed by atoms with Gasteiger partial charge in [-0.15, -0.1) is 0 Å². The van der Waals surface area contributed by atoms with Crippen molar-refractivity contribution >= 4 is 0 Å². The summed E-state index contributed by atoms with van der Waals surface area (Å²) in [6.07, 6.45) is 3.46. The van der Waals surface area contributed by atoms with E-state index in [9.17, 15) is 5.11 Å². The van der Waals surface area contributed by atoms with Crippen LogP contribution in [0.4, 0.5) is 0 Å². The van der Waals surface area contributed by atoms with E-state index in [1.165, 1.54) is 0 Å². The molecule has 4 heteroatoms. The van der Waals surface area contributed by atoms with Gasteiger partial charge in [0.2, 0.25) is 0 Å². The molecule has 0 aliphatic carbocycles. The van der Waals surface area contributed by atoms with Gasteiger partial charge in [-0.3, -0.25) is 0 Å². The maximum atomic E-state index is 11.0. The largest absolute Gasteiger partial charge is 0.389 e. The Morgan fingerprint density at radius 2 is 1.94 bits per heavy atom. The van der Waals surface area contributed by atoms with Gasteiger partial charge in [0.15, 0.2) is 0 Å². The van der Waals surface area contributed by atoms with Crippen molar-refractivity contribution in [1.29, 1.82) is 0 Å². The second-order valence-electron chi connectivity index (χ2n) is 5.84. The van der Waals surface area contributed by atoms with Crippen LogP contribution in [-0.4, -0.2) is 42.7 Å². The van der Waals surface area contributed by atoms with E-state index in [2.05, 4.69) is 0 Å². The molecule has 3 N–H and O–H groups in total. The first-order valence-corrected chi connectivity index (χ1v) is 6.67. The number of rotatable bonds is 2. The Kier molecular flexibility index (Phi) is 3.78. The van der Waals surface area contributed by atoms with E-state index in [0.29, 0.717) is 26.0 Å². The quantitative estimate of drug-likeness (QED) is 0.761. The van der Waals surface area contributed by atoms with E-state index in [4.69, 9.17) is 15.2 Å². The first-order chi connectivity index (χ1) is 8.01. The molecule has 4 nitrogen and oxygen atoms in total. The van der Waals surface area contributed by atoms with E-state index in [-0.39, 0.29) is 17.6 Å². The molecule has 0 radical (unpaired) electrons. The lowest BCUT2D eigenvalue weighted by Gasteiger charge is -2.53. The van der Waals surface area contributed by atoms with Gasteiger partial charge in [-0.1, -0.05) is 0 Å². The first kappa shape index (κ1) is 13.3. The Morgan fingerprint density at radius 3 is 2.41 bits per heavy atom. The minimum atomic E-state index is -0.737. The fourth-order valence-corrected chi connectivity index (χ4v) is 3.53. The number of ether oxygens (including phenoxy) is 2. The lowest BCUT2D eigenvalue weighted by molar-refractivity contribution is -0.210. The zero-order valence-electron chi connectivity index (χ0n) is 10.9. The Balaban J connectivity index is 2.21. The molecule has 2 rings (SSSR count). The summed E-state index contributed by atoms with van der Waals surface area (Å²) in [4.78, 5) is 0. The van der Waals surface area contributed by atoms with Crippen LogP contribution in [0.3, 0.4) is 0 Å². The smallest absolute Gasteiger partial charge is 0.0787 e. The fraction of sp³-hybridized carbons (Fsp3) is 1.00. The third-order valence-electron chi connectivity index (χ3n) is 4.42. The monoisotopic (exact) mass is 243 g/mol. The molecule has 0 aromatic rings. The van der Waals surface area contributed by atoms with Crippen molar-refractivity contribution in [2.75, 3.05) is 19.8 Å². The van der Waals surface area contributed by atoms with Gasteiger partial charge < -0.3 is 20.3 Å². The summed E-state index contributed by atoms with van der Waals surface area (Å²) in [6, 6.07) is 0. The number of hydrogen-bond donors (Lipinski definition) is 2. The molecule has 17 heavy (non-hydrogen) atoms. The van der Waals surface area contributed by atoms with E-state index < -0.39 is 5.60 Å². The van der Waals surface area contributed by atoms with Crippen LogP contribution in [0, 0.1) is 5.41 Å². The fourth-order valence-electron chi connectivity index (χ4n) is 3.53. The molecule has 0 amide bonds. The van der Waals surface area contributed by atoms with Gasteiger partial charge in [-0.2, -0.15) is 0 Å². The van der Waals surface area contributed by atoms with Gasteiger partial charge in [0.1, 0.15) is 0 Å². The molecule has 0 aromatic carbocycles. The Hall–Kier alpha value is -0.160. The average Bonchev–Trinajstić information content (AvgIpc) is 2.28. The molecule has 2 saturated heterocycles. The summed E-state index contributed by atoms with van der Waals surface area (Å²) in [5.41, 5.74) is 4.95. The van der Waals surface area contributed by atoms with Gasteiger partial charge in [0, 0.05) is 31.4 Å². The number of aliphatic hydroxyl groups is 1. The SMILES string of the molecule is CC1CC(O)(C2(CN)CCCOC2)CC(C)O1. The summed E-state index contributed by atoms with van der Waals surface area (Å²) in [7, 11) is 0. The highest BCUT2D eigenvalue weighted by Crippen LogP contribution is 2.46. The first-order valence-electron chi connectivity index (χ1n) is 6.67. The van der Waals surface area contributed by atoms with Crippen LogP contribution in [-0.2, 0) is 9.47 Å². The average molecular weight is 243 g/mol. The standard InChI is InChI=1S/C13H25NO3/c1-10-6-13(15,7-11(2)17-10)12(8-14)4-3-5-16-9-12/h10-11,15H,3-9,14H2,1-2H3. The molecule has 2 aliphatic heterocycles. The van der Waals surface area contributed by atoms with E-state index in [0.717, 1.165) is 19.4 Å². The second-order valence-corrected chi connectivity index (χ2v) is 5.84. The summed E-state index contributed by atoms with van der Waals surface area (Å²) in [6.45, 7) is 5.91. The summed E-state index contributed by atoms with van der Waals surface area (Å²) in [5.74, 6) is 0. The van der Waals surface area contributed by atoms with Gasteiger partial charge in [-0.05, 0) is 26.7 Å². The van der Waals surface area contributed by atoms with Crippen LogP contribution in [0.1, 0.15) is 39.5 Å². The highest BCUT2D eigenvalue weighted by atomic mass is 16.5. The number of hydrogen-bond acceptors (Lipinski definition) is 4. The summed E-state index contributed by atoms with van der Waals surface area (Å²) < 4.78 is 11.3. The van der Waals surface area contributed by atoms with Crippen molar-refractivity contribution in [2.24, 2.45) is 11.1 Å². The maximum absolute atomic E-state index is 11.0. The van der Waals surface area contributed by atoms with Crippen molar-refractivity contribution in [1.82, 2.24) is 0 Å². The minimum absolute atomic E-state index is 0.0918. The third-order valence-corrected chi connectivity index (χ3v) is 4.42. The Bertz CT molecular complexity index is 253. The lowest BCUT2D eigenvalue weighted by Crippen LogP contribution is -2.61. The molecule has 0 spiro atoms. The van der Waals surface area contributed by atoms with Gasteiger partial charge in [0.05, 0.1) is 24.4 Å². The molecule has 0 aromatic heterocycles. The highest BCUT2D eigenvalue weighted by Gasteiger charge is 2.53. The molecule has 2 aliphatic rings. The molecular formula is C13H25NO3. The normalized spacial score (nSPS) is 48.0. The van der Waals surface area contributed by atoms with Gasteiger partial charge in [0.25, 0.3) is 0 Å². The van der Waals surface area contributed by atoms with Crippen molar-refractivity contribution < 1.29 is 14.6 Å². The van der Waals surface area contributed by atoms with E-state index >= 15 is 0 Å². The zero-order valence-corrected chi connectivity index (χ0v) is 10.9. The van der Waals surface area contributed by atoms with Gasteiger partial charge >= 0.3 is 0 Å². The topological polar surface area (TPSA) is 64.7 Å². The summed E-state index contributed by atoms with van der Waals surface area (Å²) >= 11 is 0. The molecule has 2 heterocycles. The molecule has 0 bridgehead atoms. The molecule has 0 saturated carbocycles. The molecular weight excluding hydrogens is 218 g/mol. The van der Waals surface area contributed by atoms with Crippen LogP contribution >= 0.6 is 0 Å². The van der Waals surface area contributed by atoms with Crippen LogP contribution in [0.2, 0.25) is 0 Å².